The van der Waals surface area contributed by atoms with Crippen LogP contribution in [0.5, 0.6) is 0 Å². The summed E-state index contributed by atoms with van der Waals surface area (Å²) in [5.41, 5.74) is 12.7. The molecule has 1 saturated heterocycles. The largest absolute Gasteiger partial charge is 0.377 e. The van der Waals surface area contributed by atoms with Crippen LogP contribution in [0.1, 0.15) is 35.8 Å². The molecular weight excluding hydrogens is 386 g/mol. The monoisotopic (exact) mass is 409 g/mol. The van der Waals surface area contributed by atoms with Gasteiger partial charge >= 0.3 is 0 Å². The van der Waals surface area contributed by atoms with Gasteiger partial charge in [0.15, 0.2) is 11.5 Å². The standard InChI is InChI=1S/C19H23N9O2/c20-16(29)15-17(24-18(26-25-15)22-8-19(21)9-30-10-19)23-12-4-5-14-11(6-12)7-28(27-14)13-2-1-3-13/h4-7,13H,1-3,8-10,21H2,(H2,20,29)(H2,22,23,24,26). The minimum atomic E-state index is -0.717. The van der Waals surface area contributed by atoms with E-state index in [1.54, 1.807) is 0 Å². The first-order chi connectivity index (χ1) is 14.5. The fourth-order valence-electron chi connectivity index (χ4n) is 3.47. The molecule has 1 aliphatic carbocycles. The van der Waals surface area contributed by atoms with Crippen molar-refractivity contribution in [3.05, 3.63) is 30.1 Å². The highest BCUT2D eigenvalue weighted by molar-refractivity contribution is 5.96. The molecule has 3 aromatic rings. The van der Waals surface area contributed by atoms with Crippen LogP contribution in [0.3, 0.4) is 0 Å². The third kappa shape index (κ3) is 3.53. The van der Waals surface area contributed by atoms with Crippen molar-refractivity contribution in [2.45, 2.75) is 30.8 Å². The van der Waals surface area contributed by atoms with Gasteiger partial charge in [-0.25, -0.2) is 0 Å². The van der Waals surface area contributed by atoms with Crippen LogP contribution in [0.4, 0.5) is 17.5 Å². The number of anilines is 3. The van der Waals surface area contributed by atoms with Crippen molar-refractivity contribution in [3.63, 3.8) is 0 Å². The molecule has 156 valence electrons. The van der Waals surface area contributed by atoms with Crippen LogP contribution in [0.25, 0.3) is 10.9 Å². The molecule has 1 aliphatic heterocycles. The number of primary amides is 1. The molecular formula is C19H23N9O2. The molecule has 6 N–H and O–H groups in total. The highest BCUT2D eigenvalue weighted by Gasteiger charge is 2.34. The Morgan fingerprint density at radius 2 is 2.13 bits per heavy atom. The first-order valence-electron chi connectivity index (χ1n) is 9.90. The van der Waals surface area contributed by atoms with Crippen molar-refractivity contribution in [1.29, 1.82) is 0 Å². The fraction of sp³-hybridized carbons (Fsp3) is 0.421. The van der Waals surface area contributed by atoms with Gasteiger partial charge in [0.25, 0.3) is 5.91 Å². The number of nitrogens with zero attached hydrogens (tertiary/aromatic N) is 5. The van der Waals surface area contributed by atoms with E-state index in [0.29, 0.717) is 25.8 Å². The zero-order valence-corrected chi connectivity index (χ0v) is 16.3. The summed E-state index contributed by atoms with van der Waals surface area (Å²) in [6.45, 7) is 1.36. The molecule has 3 heterocycles. The van der Waals surface area contributed by atoms with Crippen molar-refractivity contribution >= 4 is 34.3 Å². The van der Waals surface area contributed by atoms with Crippen LogP contribution in [-0.2, 0) is 4.74 Å². The summed E-state index contributed by atoms with van der Waals surface area (Å²) in [6.07, 6.45) is 5.63. The maximum Gasteiger partial charge on any atom is 0.273 e. The molecule has 0 unspecified atom stereocenters. The lowest BCUT2D eigenvalue weighted by Crippen LogP contribution is -2.61. The molecule has 11 heteroatoms. The van der Waals surface area contributed by atoms with Gasteiger partial charge in [-0.2, -0.15) is 10.1 Å². The van der Waals surface area contributed by atoms with Gasteiger partial charge in [0.05, 0.1) is 30.3 Å². The zero-order valence-electron chi connectivity index (χ0n) is 16.3. The van der Waals surface area contributed by atoms with E-state index < -0.39 is 11.4 Å². The average Bonchev–Trinajstić information content (AvgIpc) is 3.05. The van der Waals surface area contributed by atoms with E-state index in [9.17, 15) is 4.79 Å². The van der Waals surface area contributed by atoms with Gasteiger partial charge < -0.3 is 26.8 Å². The number of nitrogens with one attached hydrogen (secondary N) is 2. The third-order valence-electron chi connectivity index (χ3n) is 5.53. The number of rotatable bonds is 7. The average molecular weight is 409 g/mol. The normalized spacial score (nSPS) is 17.9. The number of hydrogen-bond acceptors (Lipinski definition) is 9. The highest BCUT2D eigenvalue weighted by atomic mass is 16.5. The number of amides is 1. The van der Waals surface area contributed by atoms with E-state index in [-0.39, 0.29) is 17.5 Å². The molecule has 5 rings (SSSR count). The van der Waals surface area contributed by atoms with Gasteiger partial charge in [0, 0.05) is 23.8 Å². The van der Waals surface area contributed by atoms with Crippen molar-refractivity contribution < 1.29 is 9.53 Å². The van der Waals surface area contributed by atoms with Crippen molar-refractivity contribution in [1.82, 2.24) is 25.0 Å². The van der Waals surface area contributed by atoms with Crippen LogP contribution in [0.2, 0.25) is 0 Å². The summed E-state index contributed by atoms with van der Waals surface area (Å²) in [6, 6.07) is 6.25. The Morgan fingerprint density at radius 3 is 2.80 bits per heavy atom. The number of ether oxygens (including phenoxy) is 1. The number of benzene rings is 1. The van der Waals surface area contributed by atoms with Gasteiger partial charge in [-0.05, 0) is 37.5 Å². The highest BCUT2D eigenvalue weighted by Crippen LogP contribution is 2.32. The molecule has 11 nitrogen and oxygen atoms in total. The number of nitrogens with two attached hydrogens (primary N) is 2. The number of carbonyl (C=O) groups excluding carboxylic acids is 1. The van der Waals surface area contributed by atoms with Gasteiger partial charge in [0.1, 0.15) is 0 Å². The summed E-state index contributed by atoms with van der Waals surface area (Å²) in [7, 11) is 0. The molecule has 1 amide bonds. The van der Waals surface area contributed by atoms with Crippen molar-refractivity contribution in [2.24, 2.45) is 11.5 Å². The first-order valence-corrected chi connectivity index (χ1v) is 9.90. The SMILES string of the molecule is NC(=O)c1nnc(NCC2(N)COC2)nc1Nc1ccc2nn(C3CCC3)cc2c1. The molecule has 30 heavy (non-hydrogen) atoms. The molecule has 2 aromatic heterocycles. The van der Waals surface area contributed by atoms with Crippen LogP contribution < -0.4 is 22.1 Å². The molecule has 2 fully saturated rings. The van der Waals surface area contributed by atoms with E-state index in [1.807, 2.05) is 29.1 Å². The summed E-state index contributed by atoms with van der Waals surface area (Å²) in [5.74, 6) is -0.245. The molecule has 0 spiro atoms. The molecule has 1 aromatic carbocycles. The second-order valence-electron chi connectivity index (χ2n) is 8.00. The summed E-state index contributed by atoms with van der Waals surface area (Å²) in [4.78, 5) is 16.2. The van der Waals surface area contributed by atoms with E-state index in [1.165, 1.54) is 19.3 Å². The molecule has 2 aliphatic rings. The summed E-state index contributed by atoms with van der Waals surface area (Å²) >= 11 is 0. The maximum atomic E-state index is 11.8. The number of carbonyl (C=O) groups is 1. The summed E-state index contributed by atoms with van der Waals surface area (Å²) in [5, 5.41) is 19.7. The maximum absolute atomic E-state index is 11.8. The smallest absolute Gasteiger partial charge is 0.273 e. The number of fused-ring (bicyclic) bond motifs is 1. The van der Waals surface area contributed by atoms with Crippen LogP contribution >= 0.6 is 0 Å². The van der Waals surface area contributed by atoms with E-state index in [0.717, 1.165) is 16.6 Å². The lowest BCUT2D eigenvalue weighted by atomic mass is 9.93. The minimum absolute atomic E-state index is 0.0414. The predicted molar refractivity (Wildman–Crippen MR) is 110 cm³/mol. The fourth-order valence-corrected chi connectivity index (χ4v) is 3.47. The van der Waals surface area contributed by atoms with E-state index in [4.69, 9.17) is 16.2 Å². The van der Waals surface area contributed by atoms with Gasteiger partial charge in [-0.3, -0.25) is 9.48 Å². The first kappa shape index (κ1) is 18.7. The lowest BCUT2D eigenvalue weighted by molar-refractivity contribution is -0.0462. The number of hydrogen-bond donors (Lipinski definition) is 4. The second kappa shape index (κ2) is 7.18. The van der Waals surface area contributed by atoms with E-state index >= 15 is 0 Å². The zero-order chi connectivity index (χ0) is 20.7. The van der Waals surface area contributed by atoms with Crippen LogP contribution in [0.15, 0.2) is 24.4 Å². The topological polar surface area (TPSA) is 159 Å². The summed E-state index contributed by atoms with van der Waals surface area (Å²) < 4.78 is 7.18. The molecule has 0 bridgehead atoms. The van der Waals surface area contributed by atoms with E-state index in [2.05, 4.69) is 30.9 Å². The second-order valence-corrected chi connectivity index (χ2v) is 8.00. The van der Waals surface area contributed by atoms with Gasteiger partial charge in [-0.15, -0.1) is 10.2 Å². The quantitative estimate of drug-likeness (QED) is 0.445. The van der Waals surface area contributed by atoms with Crippen LogP contribution in [-0.4, -0.2) is 56.2 Å². The molecule has 0 atom stereocenters. The Labute approximate surface area is 172 Å². The Kier molecular flexibility index (Phi) is 4.48. The van der Waals surface area contributed by atoms with Crippen LogP contribution in [0, 0.1) is 0 Å². The van der Waals surface area contributed by atoms with Crippen molar-refractivity contribution in [3.8, 4) is 0 Å². The Balaban J connectivity index is 1.39. The molecule has 1 saturated carbocycles. The Hall–Kier alpha value is -3.31. The third-order valence-corrected chi connectivity index (χ3v) is 5.53. The predicted octanol–water partition coefficient (Wildman–Crippen LogP) is 0.928. The van der Waals surface area contributed by atoms with Gasteiger partial charge in [0.2, 0.25) is 5.95 Å². The Morgan fingerprint density at radius 1 is 1.30 bits per heavy atom. The Bertz CT molecular complexity index is 1100. The lowest BCUT2D eigenvalue weighted by Gasteiger charge is -2.37. The molecule has 0 radical (unpaired) electrons. The minimum Gasteiger partial charge on any atom is -0.377 e. The van der Waals surface area contributed by atoms with Crippen molar-refractivity contribution in [2.75, 3.05) is 30.4 Å². The number of aromatic nitrogens is 5. The van der Waals surface area contributed by atoms with Gasteiger partial charge in [-0.1, -0.05) is 0 Å².